The minimum absolute atomic E-state index is 0.00465. The lowest BCUT2D eigenvalue weighted by atomic mass is 10.1. The van der Waals surface area contributed by atoms with E-state index in [9.17, 15) is 24.3 Å². The maximum atomic E-state index is 12.7. The first-order valence-corrected chi connectivity index (χ1v) is 13.3. The van der Waals surface area contributed by atoms with Gasteiger partial charge in [-0.1, -0.05) is 30.3 Å². The number of benzene rings is 1. The molecule has 0 bridgehead atoms. The number of nitrogens with zero attached hydrogens (tertiary/aromatic N) is 1. The number of aliphatic carboxylic acids is 1. The second-order valence-electron chi connectivity index (χ2n) is 8.60. The Balaban J connectivity index is 1.90. The highest BCUT2D eigenvalue weighted by Gasteiger charge is 2.36. The molecule has 9 heteroatoms. The second kappa shape index (κ2) is 11.2. The zero-order valence-corrected chi connectivity index (χ0v) is 19.2. The number of nitrogens with one attached hydrogen (secondary N) is 1. The standard InChI is InChI=1S/C22H32N2O6S/c1-31(2,3)15-17(25)11-12-18(21(27)28)23-20(26)19-10-7-13-24(19)22(29)30-14-16-8-5-4-6-9-16/h4-6,8-9,18-19H,7,10-15H2,1-3H3,(H,23,26)(H,27,28). The molecule has 1 aromatic rings. The van der Waals surface area contributed by atoms with Gasteiger partial charge < -0.3 is 15.2 Å². The molecule has 0 spiro atoms. The first kappa shape index (κ1) is 24.7. The number of carboxylic acids is 1. The van der Waals surface area contributed by atoms with Gasteiger partial charge in [0.25, 0.3) is 0 Å². The van der Waals surface area contributed by atoms with E-state index in [-0.39, 0.29) is 25.2 Å². The first-order valence-electron chi connectivity index (χ1n) is 10.2. The van der Waals surface area contributed by atoms with Gasteiger partial charge in [0, 0.05) is 18.7 Å². The number of carbonyl (C=O) groups excluding carboxylic acids is 3. The second-order valence-corrected chi connectivity index (χ2v) is 13.1. The zero-order valence-electron chi connectivity index (χ0n) is 18.3. The van der Waals surface area contributed by atoms with Crippen LogP contribution in [-0.2, 0) is 25.7 Å². The Kier molecular flexibility index (Phi) is 8.91. The van der Waals surface area contributed by atoms with Crippen molar-refractivity contribution in [2.75, 3.05) is 31.1 Å². The molecule has 2 amide bonds. The average molecular weight is 453 g/mol. The number of likely N-dealkylation sites (tertiary alicyclic amines) is 1. The van der Waals surface area contributed by atoms with Gasteiger partial charge in [0.15, 0.2) is 0 Å². The van der Waals surface area contributed by atoms with E-state index in [1.54, 1.807) is 0 Å². The van der Waals surface area contributed by atoms with Crippen molar-refractivity contribution in [1.82, 2.24) is 10.2 Å². The van der Waals surface area contributed by atoms with Crippen molar-refractivity contribution in [1.29, 1.82) is 0 Å². The van der Waals surface area contributed by atoms with E-state index in [1.165, 1.54) is 4.90 Å². The molecular weight excluding hydrogens is 420 g/mol. The Morgan fingerprint density at radius 3 is 2.48 bits per heavy atom. The predicted molar refractivity (Wildman–Crippen MR) is 120 cm³/mol. The largest absolute Gasteiger partial charge is 0.480 e. The summed E-state index contributed by atoms with van der Waals surface area (Å²) >= 11 is 0. The van der Waals surface area contributed by atoms with Gasteiger partial charge in [-0.05, 0) is 43.6 Å². The Labute approximate surface area is 184 Å². The Hall–Kier alpha value is -2.55. The van der Waals surface area contributed by atoms with Crippen LogP contribution in [0.15, 0.2) is 30.3 Å². The molecule has 0 aliphatic carbocycles. The molecule has 172 valence electrons. The van der Waals surface area contributed by atoms with Crippen LogP contribution in [0.4, 0.5) is 4.79 Å². The summed E-state index contributed by atoms with van der Waals surface area (Å²) in [7, 11) is -1.01. The van der Waals surface area contributed by atoms with Crippen molar-refractivity contribution >= 4 is 33.8 Å². The molecule has 1 aliphatic heterocycles. The number of hydrogen-bond acceptors (Lipinski definition) is 5. The van der Waals surface area contributed by atoms with E-state index in [4.69, 9.17) is 4.74 Å². The number of Topliss-reactive ketones (excluding diaryl/α,β-unsaturated/α-hetero) is 1. The maximum absolute atomic E-state index is 12.7. The lowest BCUT2D eigenvalue weighted by Crippen LogP contribution is -2.51. The molecule has 1 fully saturated rings. The summed E-state index contributed by atoms with van der Waals surface area (Å²) in [6.45, 7) is 0.469. The summed E-state index contributed by atoms with van der Waals surface area (Å²) in [5.41, 5.74) is 0.837. The van der Waals surface area contributed by atoms with E-state index in [1.807, 2.05) is 49.1 Å². The molecular formula is C22H32N2O6S. The highest BCUT2D eigenvalue weighted by molar-refractivity contribution is 8.32. The highest BCUT2D eigenvalue weighted by Crippen LogP contribution is 2.34. The third-order valence-electron chi connectivity index (χ3n) is 4.92. The van der Waals surface area contributed by atoms with Crippen LogP contribution in [0.1, 0.15) is 31.2 Å². The van der Waals surface area contributed by atoms with E-state index in [2.05, 4.69) is 5.32 Å². The molecule has 31 heavy (non-hydrogen) atoms. The van der Waals surface area contributed by atoms with Gasteiger partial charge in [-0.3, -0.25) is 14.5 Å². The molecule has 2 atom stereocenters. The van der Waals surface area contributed by atoms with Gasteiger partial charge in [-0.15, -0.1) is 0 Å². The van der Waals surface area contributed by atoms with Crippen molar-refractivity contribution in [2.24, 2.45) is 0 Å². The molecule has 1 saturated heterocycles. The fraction of sp³-hybridized carbons (Fsp3) is 0.545. The smallest absolute Gasteiger partial charge is 0.410 e. The molecule has 1 aromatic carbocycles. The maximum Gasteiger partial charge on any atom is 0.410 e. The SMILES string of the molecule is CS(C)(C)CC(=O)CCC(NC(=O)C1CCCN1C(=O)OCc1ccccc1)C(=O)O. The zero-order chi connectivity index (χ0) is 23.0. The van der Waals surface area contributed by atoms with Crippen LogP contribution in [0, 0.1) is 0 Å². The Morgan fingerprint density at radius 2 is 1.87 bits per heavy atom. The van der Waals surface area contributed by atoms with E-state index in [0.717, 1.165) is 5.56 Å². The summed E-state index contributed by atoms with van der Waals surface area (Å²) in [5, 5.41) is 12.0. The van der Waals surface area contributed by atoms with Crippen molar-refractivity contribution in [3.63, 3.8) is 0 Å². The number of amides is 2. The van der Waals surface area contributed by atoms with Crippen molar-refractivity contribution in [3.05, 3.63) is 35.9 Å². The van der Waals surface area contributed by atoms with Crippen LogP contribution in [-0.4, -0.2) is 76.9 Å². The van der Waals surface area contributed by atoms with Gasteiger partial charge in [-0.25, -0.2) is 19.6 Å². The van der Waals surface area contributed by atoms with E-state index >= 15 is 0 Å². The highest BCUT2D eigenvalue weighted by atomic mass is 32.3. The monoisotopic (exact) mass is 452 g/mol. The van der Waals surface area contributed by atoms with Crippen molar-refractivity contribution < 1.29 is 29.0 Å². The van der Waals surface area contributed by atoms with Crippen molar-refractivity contribution in [3.8, 4) is 0 Å². The number of rotatable bonds is 10. The van der Waals surface area contributed by atoms with Crippen LogP contribution in [0.3, 0.4) is 0 Å². The average Bonchev–Trinajstić information content (AvgIpc) is 3.18. The normalized spacial score (nSPS) is 17.6. The fourth-order valence-electron chi connectivity index (χ4n) is 3.45. The lowest BCUT2D eigenvalue weighted by Gasteiger charge is -2.26. The summed E-state index contributed by atoms with van der Waals surface area (Å²) in [6.07, 6.45) is 6.65. The summed E-state index contributed by atoms with van der Waals surface area (Å²) in [6, 6.07) is 7.27. The van der Waals surface area contributed by atoms with Crippen LogP contribution in [0.25, 0.3) is 0 Å². The van der Waals surface area contributed by atoms with Crippen LogP contribution in [0.2, 0.25) is 0 Å². The minimum atomic E-state index is -1.19. The molecule has 1 heterocycles. The minimum Gasteiger partial charge on any atom is -0.480 e. The molecule has 0 aromatic heterocycles. The van der Waals surface area contributed by atoms with Crippen LogP contribution < -0.4 is 5.32 Å². The molecule has 0 saturated carbocycles. The Bertz CT molecular complexity index is 793. The molecule has 2 unspecified atom stereocenters. The Morgan fingerprint density at radius 1 is 1.19 bits per heavy atom. The summed E-state index contributed by atoms with van der Waals surface area (Å²) in [4.78, 5) is 50.2. The molecule has 8 nitrogen and oxygen atoms in total. The molecule has 2 rings (SSSR count). The topological polar surface area (TPSA) is 113 Å². The fourth-order valence-corrected chi connectivity index (χ4v) is 4.56. The van der Waals surface area contributed by atoms with Gasteiger partial charge in [0.05, 0.1) is 0 Å². The van der Waals surface area contributed by atoms with Gasteiger partial charge in [-0.2, -0.15) is 0 Å². The number of hydrogen-bond donors (Lipinski definition) is 2. The van der Waals surface area contributed by atoms with Crippen LogP contribution >= 0.6 is 10.0 Å². The molecule has 1 aliphatic rings. The predicted octanol–water partition coefficient (Wildman–Crippen LogP) is 2.40. The molecule has 0 radical (unpaired) electrons. The van der Waals surface area contributed by atoms with Crippen molar-refractivity contribution in [2.45, 2.75) is 44.4 Å². The summed E-state index contributed by atoms with van der Waals surface area (Å²) in [5.74, 6) is -1.30. The van der Waals surface area contributed by atoms with Gasteiger partial charge in [0.2, 0.25) is 5.91 Å². The van der Waals surface area contributed by atoms with E-state index in [0.29, 0.717) is 25.1 Å². The third-order valence-corrected chi connectivity index (χ3v) is 6.10. The number of ketones is 1. The number of carbonyl (C=O) groups is 4. The van der Waals surface area contributed by atoms with Gasteiger partial charge >= 0.3 is 12.1 Å². The first-order chi connectivity index (χ1) is 14.6. The van der Waals surface area contributed by atoms with Gasteiger partial charge in [0.1, 0.15) is 24.5 Å². The third kappa shape index (κ3) is 8.24. The van der Waals surface area contributed by atoms with Crippen LogP contribution in [0.5, 0.6) is 0 Å². The molecule has 2 N–H and O–H groups in total. The lowest BCUT2D eigenvalue weighted by molar-refractivity contribution is -0.142. The number of carboxylic acid groups (broad SMARTS) is 1. The summed E-state index contributed by atoms with van der Waals surface area (Å²) < 4.78 is 5.32. The number of ether oxygens (including phenoxy) is 1. The van der Waals surface area contributed by atoms with E-state index < -0.39 is 40.1 Å². The quantitative estimate of drug-likeness (QED) is 0.564.